The van der Waals surface area contributed by atoms with Crippen LogP contribution < -0.4 is 5.32 Å². The van der Waals surface area contributed by atoms with Crippen molar-refractivity contribution in [3.05, 3.63) is 0 Å². The third-order valence-electron chi connectivity index (χ3n) is 1.77. The largest absolute Gasteiger partial charge is 0.300 e. The molecule has 0 unspecified atom stereocenters. The second-order valence-corrected chi connectivity index (χ2v) is 7.33. The van der Waals surface area contributed by atoms with Gasteiger partial charge < -0.3 is 5.32 Å². The molecule has 0 spiro atoms. The zero-order chi connectivity index (χ0) is 12.9. The molecular formula is C11H19N3OS2. The van der Waals surface area contributed by atoms with E-state index < -0.39 is 0 Å². The molecular weight excluding hydrogens is 254 g/mol. The van der Waals surface area contributed by atoms with Crippen LogP contribution in [0.5, 0.6) is 0 Å². The maximum absolute atomic E-state index is 11.7. The lowest BCUT2D eigenvalue weighted by molar-refractivity contribution is -0.117. The highest BCUT2D eigenvalue weighted by Gasteiger charge is 2.17. The summed E-state index contributed by atoms with van der Waals surface area (Å²) in [6.07, 6.45) is 1.60. The Balaban J connectivity index is 2.46. The summed E-state index contributed by atoms with van der Waals surface area (Å²) in [5.41, 5.74) is -0.00539. The van der Waals surface area contributed by atoms with E-state index in [0.29, 0.717) is 11.6 Å². The minimum Gasteiger partial charge on any atom is -0.300 e. The van der Waals surface area contributed by atoms with Crippen molar-refractivity contribution in [3.8, 4) is 0 Å². The van der Waals surface area contributed by atoms with Crippen LogP contribution in [-0.4, -0.2) is 21.9 Å². The number of nitrogens with zero attached hydrogens (tertiary/aromatic N) is 2. The van der Waals surface area contributed by atoms with Crippen molar-refractivity contribution >= 4 is 34.1 Å². The van der Waals surface area contributed by atoms with Crippen LogP contribution in [0.15, 0.2) is 4.34 Å². The first-order chi connectivity index (χ1) is 7.90. The van der Waals surface area contributed by atoms with E-state index in [4.69, 9.17) is 0 Å². The van der Waals surface area contributed by atoms with Crippen molar-refractivity contribution in [1.29, 1.82) is 0 Å². The molecule has 1 heterocycles. The number of amides is 1. The Kier molecular flexibility index (Phi) is 5.39. The molecule has 1 N–H and O–H groups in total. The summed E-state index contributed by atoms with van der Waals surface area (Å²) >= 11 is 3.11. The third kappa shape index (κ3) is 6.02. The predicted octanol–water partition coefficient (Wildman–Crippen LogP) is 3.41. The lowest BCUT2D eigenvalue weighted by atomic mass is 9.92. The second-order valence-electron chi connectivity index (χ2n) is 5.01. The summed E-state index contributed by atoms with van der Waals surface area (Å²) in [6, 6.07) is 0. The van der Waals surface area contributed by atoms with Crippen molar-refractivity contribution in [3.63, 3.8) is 0 Å². The van der Waals surface area contributed by atoms with Gasteiger partial charge in [0.1, 0.15) is 0 Å². The Morgan fingerprint density at radius 3 is 2.71 bits per heavy atom. The van der Waals surface area contributed by atoms with Crippen molar-refractivity contribution in [2.45, 2.75) is 44.9 Å². The van der Waals surface area contributed by atoms with E-state index >= 15 is 0 Å². The van der Waals surface area contributed by atoms with Gasteiger partial charge >= 0.3 is 0 Å². The molecule has 0 bridgehead atoms. The number of hydrogen-bond acceptors (Lipinski definition) is 5. The average Bonchev–Trinajstić information content (AvgIpc) is 2.59. The van der Waals surface area contributed by atoms with Gasteiger partial charge in [-0.15, -0.1) is 10.2 Å². The minimum atomic E-state index is -0.00539. The monoisotopic (exact) mass is 273 g/mol. The van der Waals surface area contributed by atoms with Gasteiger partial charge in [-0.2, -0.15) is 0 Å². The molecule has 1 aromatic rings. The van der Waals surface area contributed by atoms with Crippen LogP contribution in [0.2, 0.25) is 0 Å². The highest BCUT2D eigenvalue weighted by molar-refractivity contribution is 8.01. The first-order valence-electron chi connectivity index (χ1n) is 5.67. The summed E-state index contributed by atoms with van der Waals surface area (Å²) in [5.74, 6) is 1.03. The lowest BCUT2D eigenvalue weighted by Gasteiger charge is -2.16. The molecule has 0 fully saturated rings. The van der Waals surface area contributed by atoms with Gasteiger partial charge in [0.05, 0.1) is 0 Å². The average molecular weight is 273 g/mol. The zero-order valence-corrected chi connectivity index (χ0v) is 12.4. The van der Waals surface area contributed by atoms with E-state index in [-0.39, 0.29) is 11.3 Å². The van der Waals surface area contributed by atoms with Gasteiger partial charge in [0.2, 0.25) is 11.0 Å². The van der Waals surface area contributed by atoms with E-state index in [0.717, 1.165) is 16.5 Å². The summed E-state index contributed by atoms with van der Waals surface area (Å²) < 4.78 is 0.915. The Hall–Kier alpha value is -0.620. The quantitative estimate of drug-likeness (QED) is 0.660. The molecule has 0 aliphatic rings. The summed E-state index contributed by atoms with van der Waals surface area (Å²) in [5, 5.41) is 11.4. The van der Waals surface area contributed by atoms with E-state index in [1.165, 1.54) is 11.3 Å². The van der Waals surface area contributed by atoms with Gasteiger partial charge in [-0.25, -0.2) is 0 Å². The van der Waals surface area contributed by atoms with Crippen LogP contribution in [0.1, 0.15) is 40.5 Å². The highest BCUT2D eigenvalue weighted by Crippen LogP contribution is 2.26. The minimum absolute atomic E-state index is 0.000640. The molecule has 1 aromatic heterocycles. The summed E-state index contributed by atoms with van der Waals surface area (Å²) in [4.78, 5) is 11.7. The van der Waals surface area contributed by atoms with Crippen LogP contribution in [0, 0.1) is 5.41 Å². The lowest BCUT2D eigenvalue weighted by Crippen LogP contribution is -2.19. The smallest absolute Gasteiger partial charge is 0.226 e. The number of carbonyl (C=O) groups is 1. The predicted molar refractivity (Wildman–Crippen MR) is 73.6 cm³/mol. The van der Waals surface area contributed by atoms with Gasteiger partial charge in [-0.1, -0.05) is 50.8 Å². The fourth-order valence-corrected chi connectivity index (χ4v) is 2.85. The van der Waals surface area contributed by atoms with E-state index in [1.807, 2.05) is 20.8 Å². The molecule has 4 nitrogen and oxygen atoms in total. The normalized spacial score (nSPS) is 11.5. The number of hydrogen-bond donors (Lipinski definition) is 1. The van der Waals surface area contributed by atoms with Gasteiger partial charge in [0.15, 0.2) is 4.34 Å². The molecule has 0 radical (unpaired) electrons. The maximum Gasteiger partial charge on any atom is 0.226 e. The van der Waals surface area contributed by atoms with E-state index in [2.05, 4.69) is 22.4 Å². The number of nitrogens with one attached hydrogen (secondary N) is 1. The van der Waals surface area contributed by atoms with Crippen LogP contribution in [-0.2, 0) is 4.79 Å². The number of rotatable bonds is 5. The molecule has 0 aromatic carbocycles. The standard InChI is InChI=1S/C11H19N3OS2/c1-5-6-16-10-14-13-9(17-10)12-8(15)7-11(2,3)4/h5-7H2,1-4H3,(H,12,13,15). The Labute approximate surface area is 111 Å². The van der Waals surface area contributed by atoms with Crippen LogP contribution in [0.25, 0.3) is 0 Å². The van der Waals surface area contributed by atoms with E-state index in [9.17, 15) is 4.79 Å². The molecule has 0 aliphatic carbocycles. The third-order valence-corrected chi connectivity index (χ3v) is 3.95. The number of aromatic nitrogens is 2. The fourth-order valence-electron chi connectivity index (χ4n) is 1.15. The second kappa shape index (κ2) is 6.35. The fraction of sp³-hybridized carbons (Fsp3) is 0.727. The molecule has 6 heteroatoms. The zero-order valence-electron chi connectivity index (χ0n) is 10.7. The van der Waals surface area contributed by atoms with Crippen LogP contribution in [0.3, 0.4) is 0 Å². The molecule has 0 saturated carbocycles. The number of carbonyl (C=O) groups excluding carboxylic acids is 1. The van der Waals surface area contributed by atoms with Crippen LogP contribution in [0.4, 0.5) is 5.13 Å². The van der Waals surface area contributed by atoms with Gasteiger partial charge in [0.25, 0.3) is 0 Å². The summed E-state index contributed by atoms with van der Waals surface area (Å²) in [7, 11) is 0. The Bertz CT molecular complexity index is 371. The molecule has 17 heavy (non-hydrogen) atoms. The van der Waals surface area contributed by atoms with Crippen LogP contribution >= 0.6 is 23.1 Å². The molecule has 0 saturated heterocycles. The Morgan fingerprint density at radius 1 is 1.41 bits per heavy atom. The maximum atomic E-state index is 11.7. The van der Waals surface area contributed by atoms with Crippen molar-refractivity contribution in [1.82, 2.24) is 10.2 Å². The molecule has 0 aliphatic heterocycles. The van der Waals surface area contributed by atoms with Gasteiger partial charge in [0, 0.05) is 12.2 Å². The van der Waals surface area contributed by atoms with Crippen molar-refractivity contribution in [2.75, 3.05) is 11.1 Å². The van der Waals surface area contributed by atoms with E-state index in [1.54, 1.807) is 11.8 Å². The van der Waals surface area contributed by atoms with Gasteiger partial charge in [-0.3, -0.25) is 4.79 Å². The molecule has 1 amide bonds. The molecule has 1 rings (SSSR count). The molecule has 96 valence electrons. The highest BCUT2D eigenvalue weighted by atomic mass is 32.2. The SMILES string of the molecule is CCCSc1nnc(NC(=O)CC(C)(C)C)s1. The summed E-state index contributed by atoms with van der Waals surface area (Å²) in [6.45, 7) is 8.24. The van der Waals surface area contributed by atoms with Crippen molar-refractivity contribution in [2.24, 2.45) is 5.41 Å². The molecule has 0 atom stereocenters. The Morgan fingerprint density at radius 2 is 2.12 bits per heavy atom. The van der Waals surface area contributed by atoms with Gasteiger partial charge in [-0.05, 0) is 11.8 Å². The first-order valence-corrected chi connectivity index (χ1v) is 7.47. The number of thioether (sulfide) groups is 1. The topological polar surface area (TPSA) is 54.9 Å². The first kappa shape index (κ1) is 14.4. The van der Waals surface area contributed by atoms with Crippen molar-refractivity contribution < 1.29 is 4.79 Å². The number of anilines is 1.